The molecular weight excluding hydrogens is 324 g/mol. The van der Waals surface area contributed by atoms with Gasteiger partial charge in [-0.1, -0.05) is 73.1 Å². The summed E-state index contributed by atoms with van der Waals surface area (Å²) in [6.45, 7) is 2.20. The molecule has 0 bridgehead atoms. The summed E-state index contributed by atoms with van der Waals surface area (Å²) in [4.78, 5) is 0. The number of halogens is 1. The lowest BCUT2D eigenvalue weighted by atomic mass is 9.79. The van der Waals surface area contributed by atoms with Crippen LogP contribution in [-0.2, 0) is 12.8 Å². The monoisotopic (exact) mass is 352 g/mol. The molecule has 0 spiro atoms. The van der Waals surface area contributed by atoms with Gasteiger partial charge in [0, 0.05) is 5.54 Å². The third-order valence-electron chi connectivity index (χ3n) is 5.73. The molecule has 3 rings (SSSR count). The third kappa shape index (κ3) is 5.22. The number of allylic oxidation sites excluding steroid dienone is 1. The fraction of sp³-hybridized carbons (Fsp3) is 0.417. The Kier molecular flexibility index (Phi) is 6.76. The van der Waals surface area contributed by atoms with Crippen molar-refractivity contribution < 1.29 is 0 Å². The summed E-state index contributed by atoms with van der Waals surface area (Å²) in [5.74, 6) is 1.60. The summed E-state index contributed by atoms with van der Waals surface area (Å²) in [6.07, 6.45) is 11.1. The van der Waals surface area contributed by atoms with Crippen molar-refractivity contribution in [2.45, 2.75) is 51.9 Å². The van der Waals surface area contributed by atoms with Gasteiger partial charge >= 0.3 is 0 Å². The molecule has 1 aliphatic carbocycles. The van der Waals surface area contributed by atoms with Gasteiger partial charge in [-0.05, 0) is 79.0 Å². The van der Waals surface area contributed by atoms with Gasteiger partial charge in [-0.2, -0.15) is 0 Å². The molecule has 0 N–H and O–H groups in total. The lowest BCUT2D eigenvalue weighted by molar-refractivity contribution is 0.296. The Bertz CT molecular complexity index is 658. The van der Waals surface area contributed by atoms with E-state index in [1.807, 2.05) is 0 Å². The van der Waals surface area contributed by atoms with E-state index in [9.17, 15) is 0 Å². The number of hydrogen-bond acceptors (Lipinski definition) is 0. The van der Waals surface area contributed by atoms with Crippen LogP contribution in [0.5, 0.6) is 0 Å². The largest absolute Gasteiger partial charge is 0.0933 e. The van der Waals surface area contributed by atoms with Crippen LogP contribution in [0.25, 0.3) is 11.1 Å². The molecule has 0 heterocycles. The lowest BCUT2D eigenvalue weighted by Gasteiger charge is -2.26. The fourth-order valence-corrected chi connectivity index (χ4v) is 4.15. The Labute approximate surface area is 157 Å². The van der Waals surface area contributed by atoms with Crippen LogP contribution in [0.4, 0.5) is 0 Å². The Hall–Kier alpha value is -1.53. The Morgan fingerprint density at radius 1 is 0.840 bits per heavy atom. The molecular formula is C24H29Cl. The Morgan fingerprint density at radius 2 is 1.40 bits per heavy atom. The first kappa shape index (κ1) is 18.3. The fourth-order valence-electron chi connectivity index (χ4n) is 3.94. The predicted molar refractivity (Wildman–Crippen MR) is 110 cm³/mol. The summed E-state index contributed by atoms with van der Waals surface area (Å²) < 4.78 is 0. The molecule has 0 amide bonds. The summed E-state index contributed by atoms with van der Waals surface area (Å²) >= 11 is 5.70. The molecule has 25 heavy (non-hydrogen) atoms. The van der Waals surface area contributed by atoms with Crippen LogP contribution >= 0.6 is 11.6 Å². The van der Waals surface area contributed by atoms with Gasteiger partial charge in [-0.15, -0.1) is 0 Å². The van der Waals surface area contributed by atoms with Crippen LogP contribution in [0.3, 0.4) is 0 Å². The molecule has 0 saturated heterocycles. The van der Waals surface area contributed by atoms with E-state index < -0.39 is 0 Å². The Balaban J connectivity index is 1.51. The molecule has 0 aromatic heterocycles. The third-order valence-corrected chi connectivity index (χ3v) is 5.87. The molecule has 0 radical (unpaired) electrons. The molecule has 2 aromatic rings. The van der Waals surface area contributed by atoms with E-state index >= 15 is 0 Å². The maximum Gasteiger partial charge on any atom is 0.000525 e. The van der Waals surface area contributed by atoms with Crippen LogP contribution in [-0.4, -0.2) is 0 Å². The number of aryl methyl sites for hydroxylation is 2. The van der Waals surface area contributed by atoms with Gasteiger partial charge in [-0.3, -0.25) is 0 Å². The minimum Gasteiger partial charge on any atom is -0.0933 e. The second kappa shape index (κ2) is 9.25. The highest BCUT2D eigenvalue weighted by atomic mass is 35.5. The SMILES string of the molecule is CCc1ccc(-c2ccc(CCC3CCC(/C=C/Cl)CC3)cc2)cc1. The zero-order chi connectivity index (χ0) is 17.5. The first-order valence-corrected chi connectivity index (χ1v) is 10.2. The minimum absolute atomic E-state index is 0.715. The van der Waals surface area contributed by atoms with Crippen molar-refractivity contribution in [3.63, 3.8) is 0 Å². The summed E-state index contributed by atoms with van der Waals surface area (Å²) in [6, 6.07) is 18.1. The zero-order valence-electron chi connectivity index (χ0n) is 15.3. The highest BCUT2D eigenvalue weighted by Crippen LogP contribution is 2.32. The van der Waals surface area contributed by atoms with Gasteiger partial charge in [-0.25, -0.2) is 0 Å². The van der Waals surface area contributed by atoms with Crippen LogP contribution in [0.2, 0.25) is 0 Å². The number of rotatable bonds is 6. The maximum atomic E-state index is 5.70. The molecule has 1 fully saturated rings. The second-order valence-electron chi connectivity index (χ2n) is 7.39. The van der Waals surface area contributed by atoms with Gasteiger partial charge in [0.1, 0.15) is 0 Å². The molecule has 0 atom stereocenters. The lowest BCUT2D eigenvalue weighted by Crippen LogP contribution is -2.13. The topological polar surface area (TPSA) is 0 Å². The highest BCUT2D eigenvalue weighted by molar-refractivity contribution is 6.25. The molecule has 1 heteroatoms. The molecule has 1 aliphatic rings. The minimum atomic E-state index is 0.715. The number of benzene rings is 2. The molecule has 0 unspecified atom stereocenters. The van der Waals surface area contributed by atoms with Crippen molar-refractivity contribution in [1.82, 2.24) is 0 Å². The van der Waals surface area contributed by atoms with Gasteiger partial charge in [0.05, 0.1) is 0 Å². The molecule has 2 aromatic carbocycles. The summed E-state index contributed by atoms with van der Waals surface area (Å²) in [7, 11) is 0. The van der Waals surface area contributed by atoms with E-state index in [1.165, 1.54) is 60.8 Å². The maximum absolute atomic E-state index is 5.70. The average Bonchev–Trinajstić information content (AvgIpc) is 2.68. The van der Waals surface area contributed by atoms with Crippen molar-refractivity contribution in [3.05, 3.63) is 71.3 Å². The van der Waals surface area contributed by atoms with E-state index in [1.54, 1.807) is 5.54 Å². The van der Waals surface area contributed by atoms with Crippen molar-refractivity contribution in [2.24, 2.45) is 11.8 Å². The molecule has 132 valence electrons. The standard InChI is InChI=1S/C24H29Cl/c1-2-19-9-13-23(14-10-19)24-15-11-21(12-16-24)4-3-20-5-7-22(8-6-20)17-18-25/h9-18,20,22H,2-8H2,1H3/b18-17+. The Morgan fingerprint density at radius 3 is 1.92 bits per heavy atom. The summed E-state index contributed by atoms with van der Waals surface area (Å²) in [5.41, 5.74) is 7.20. The van der Waals surface area contributed by atoms with E-state index in [4.69, 9.17) is 11.6 Å². The zero-order valence-corrected chi connectivity index (χ0v) is 16.0. The normalized spacial score (nSPS) is 20.9. The van der Waals surface area contributed by atoms with Crippen LogP contribution in [0.15, 0.2) is 60.1 Å². The van der Waals surface area contributed by atoms with E-state index in [2.05, 4.69) is 61.5 Å². The highest BCUT2D eigenvalue weighted by Gasteiger charge is 2.19. The first-order valence-electron chi connectivity index (χ1n) is 9.73. The predicted octanol–water partition coefficient (Wildman–Crippen LogP) is 7.41. The first-order chi connectivity index (χ1) is 12.3. The van der Waals surface area contributed by atoms with Crippen LogP contribution in [0, 0.1) is 11.8 Å². The molecule has 0 aliphatic heterocycles. The average molecular weight is 353 g/mol. The van der Waals surface area contributed by atoms with Gasteiger partial charge in [0.15, 0.2) is 0 Å². The molecule has 1 saturated carbocycles. The van der Waals surface area contributed by atoms with Gasteiger partial charge in [0.25, 0.3) is 0 Å². The van der Waals surface area contributed by atoms with E-state index in [-0.39, 0.29) is 0 Å². The van der Waals surface area contributed by atoms with E-state index in [0.29, 0.717) is 5.92 Å². The van der Waals surface area contributed by atoms with Gasteiger partial charge < -0.3 is 0 Å². The smallest absolute Gasteiger partial charge is 0.000525 e. The van der Waals surface area contributed by atoms with Gasteiger partial charge in [0.2, 0.25) is 0 Å². The van der Waals surface area contributed by atoms with E-state index in [0.717, 1.165) is 12.3 Å². The van der Waals surface area contributed by atoms with Crippen molar-refractivity contribution in [1.29, 1.82) is 0 Å². The molecule has 0 nitrogen and oxygen atoms in total. The summed E-state index contributed by atoms with van der Waals surface area (Å²) in [5, 5.41) is 0. The number of hydrogen-bond donors (Lipinski definition) is 0. The second-order valence-corrected chi connectivity index (χ2v) is 7.64. The van der Waals surface area contributed by atoms with Crippen molar-refractivity contribution in [3.8, 4) is 11.1 Å². The van der Waals surface area contributed by atoms with Crippen molar-refractivity contribution in [2.75, 3.05) is 0 Å². The van der Waals surface area contributed by atoms with Crippen LogP contribution < -0.4 is 0 Å². The van der Waals surface area contributed by atoms with Crippen LogP contribution in [0.1, 0.15) is 50.2 Å². The van der Waals surface area contributed by atoms with Crippen molar-refractivity contribution >= 4 is 11.6 Å². The quantitative estimate of drug-likeness (QED) is 0.507.